The SMILES string of the molecule is CCCCN(CC)c1ncc(C(=O)O)c(C)n1. The molecule has 0 amide bonds. The first kappa shape index (κ1) is 13.4. The van der Waals surface area contributed by atoms with E-state index in [1.54, 1.807) is 6.92 Å². The third-order valence-electron chi connectivity index (χ3n) is 2.64. The summed E-state index contributed by atoms with van der Waals surface area (Å²) in [5.74, 6) is -0.367. The van der Waals surface area contributed by atoms with Gasteiger partial charge in [0, 0.05) is 19.3 Å². The van der Waals surface area contributed by atoms with Gasteiger partial charge in [0.15, 0.2) is 0 Å². The molecule has 1 rings (SSSR count). The fourth-order valence-corrected chi connectivity index (χ4v) is 1.57. The van der Waals surface area contributed by atoms with Gasteiger partial charge >= 0.3 is 5.97 Å². The predicted molar refractivity (Wildman–Crippen MR) is 66.5 cm³/mol. The number of aromatic nitrogens is 2. The van der Waals surface area contributed by atoms with E-state index in [9.17, 15) is 4.79 Å². The number of hydrogen-bond acceptors (Lipinski definition) is 4. The monoisotopic (exact) mass is 237 g/mol. The molecule has 0 spiro atoms. The molecule has 1 aromatic rings. The normalized spacial score (nSPS) is 10.3. The molecule has 0 saturated heterocycles. The molecule has 1 heterocycles. The highest BCUT2D eigenvalue weighted by Crippen LogP contribution is 2.12. The van der Waals surface area contributed by atoms with Crippen molar-refractivity contribution in [2.75, 3.05) is 18.0 Å². The predicted octanol–water partition coefficient (Wildman–Crippen LogP) is 2.11. The van der Waals surface area contributed by atoms with Crippen LogP contribution in [0.15, 0.2) is 6.20 Å². The van der Waals surface area contributed by atoms with E-state index in [0.29, 0.717) is 11.6 Å². The Hall–Kier alpha value is -1.65. The summed E-state index contributed by atoms with van der Waals surface area (Å²) in [7, 11) is 0. The molecule has 0 radical (unpaired) electrons. The summed E-state index contributed by atoms with van der Waals surface area (Å²) < 4.78 is 0. The van der Waals surface area contributed by atoms with Crippen LogP contribution < -0.4 is 4.90 Å². The second-order valence-electron chi connectivity index (χ2n) is 3.91. The zero-order valence-corrected chi connectivity index (χ0v) is 10.6. The number of carbonyl (C=O) groups is 1. The van der Waals surface area contributed by atoms with Crippen LogP contribution >= 0.6 is 0 Å². The lowest BCUT2D eigenvalue weighted by atomic mass is 10.2. The van der Waals surface area contributed by atoms with Crippen LogP contribution in [0.4, 0.5) is 5.95 Å². The van der Waals surface area contributed by atoms with E-state index in [4.69, 9.17) is 5.11 Å². The van der Waals surface area contributed by atoms with E-state index < -0.39 is 5.97 Å². The Bertz CT molecular complexity index is 393. The molecular weight excluding hydrogens is 218 g/mol. The van der Waals surface area contributed by atoms with Gasteiger partial charge in [-0.25, -0.2) is 14.8 Å². The average molecular weight is 237 g/mol. The Morgan fingerprint density at radius 2 is 2.18 bits per heavy atom. The molecule has 17 heavy (non-hydrogen) atoms. The molecule has 94 valence electrons. The van der Waals surface area contributed by atoms with Gasteiger partial charge in [0.25, 0.3) is 0 Å². The zero-order valence-electron chi connectivity index (χ0n) is 10.6. The Labute approximate surface area is 102 Å². The van der Waals surface area contributed by atoms with Crippen molar-refractivity contribution >= 4 is 11.9 Å². The first-order chi connectivity index (χ1) is 8.10. The van der Waals surface area contributed by atoms with Gasteiger partial charge in [-0.1, -0.05) is 13.3 Å². The summed E-state index contributed by atoms with van der Waals surface area (Å²) in [4.78, 5) is 21.3. The molecule has 1 N–H and O–H groups in total. The number of carboxylic acid groups (broad SMARTS) is 1. The summed E-state index contributed by atoms with van der Waals surface area (Å²) in [6.45, 7) is 7.60. The van der Waals surface area contributed by atoms with Crippen LogP contribution in [0.2, 0.25) is 0 Å². The van der Waals surface area contributed by atoms with E-state index in [-0.39, 0.29) is 5.56 Å². The van der Waals surface area contributed by atoms with Crippen molar-refractivity contribution in [3.8, 4) is 0 Å². The van der Waals surface area contributed by atoms with Crippen LogP contribution in [0, 0.1) is 6.92 Å². The second kappa shape index (κ2) is 6.18. The lowest BCUT2D eigenvalue weighted by molar-refractivity contribution is 0.0695. The van der Waals surface area contributed by atoms with Crippen molar-refractivity contribution in [2.45, 2.75) is 33.6 Å². The van der Waals surface area contributed by atoms with Crippen molar-refractivity contribution in [3.63, 3.8) is 0 Å². The van der Waals surface area contributed by atoms with Crippen molar-refractivity contribution in [3.05, 3.63) is 17.5 Å². The van der Waals surface area contributed by atoms with Gasteiger partial charge < -0.3 is 10.0 Å². The Morgan fingerprint density at radius 1 is 1.47 bits per heavy atom. The van der Waals surface area contributed by atoms with Crippen molar-refractivity contribution in [1.29, 1.82) is 0 Å². The van der Waals surface area contributed by atoms with E-state index in [2.05, 4.69) is 21.8 Å². The highest BCUT2D eigenvalue weighted by Gasteiger charge is 2.12. The number of rotatable bonds is 6. The van der Waals surface area contributed by atoms with E-state index in [1.807, 2.05) is 6.92 Å². The minimum Gasteiger partial charge on any atom is -0.478 e. The van der Waals surface area contributed by atoms with Crippen LogP contribution in [0.3, 0.4) is 0 Å². The van der Waals surface area contributed by atoms with Crippen LogP contribution in [-0.4, -0.2) is 34.1 Å². The van der Waals surface area contributed by atoms with Gasteiger partial charge in [0.05, 0.1) is 11.3 Å². The molecule has 5 heteroatoms. The maximum Gasteiger partial charge on any atom is 0.339 e. The van der Waals surface area contributed by atoms with E-state index in [1.165, 1.54) is 6.20 Å². The maximum atomic E-state index is 10.9. The molecule has 0 unspecified atom stereocenters. The number of nitrogens with zero attached hydrogens (tertiary/aromatic N) is 3. The molecule has 0 aliphatic rings. The van der Waals surface area contributed by atoms with Gasteiger partial charge in [-0.3, -0.25) is 0 Å². The highest BCUT2D eigenvalue weighted by molar-refractivity contribution is 5.88. The molecule has 0 bridgehead atoms. The Kier molecular flexibility index (Phi) is 4.87. The van der Waals surface area contributed by atoms with Crippen LogP contribution in [0.25, 0.3) is 0 Å². The highest BCUT2D eigenvalue weighted by atomic mass is 16.4. The standard InChI is InChI=1S/C12H19N3O2/c1-4-6-7-15(5-2)12-13-8-10(11(16)17)9(3)14-12/h8H,4-7H2,1-3H3,(H,16,17). The molecular formula is C12H19N3O2. The Morgan fingerprint density at radius 3 is 2.65 bits per heavy atom. The second-order valence-corrected chi connectivity index (χ2v) is 3.91. The quantitative estimate of drug-likeness (QED) is 0.820. The molecule has 0 aliphatic heterocycles. The lowest BCUT2D eigenvalue weighted by Gasteiger charge is -2.20. The lowest BCUT2D eigenvalue weighted by Crippen LogP contribution is -2.26. The van der Waals surface area contributed by atoms with E-state index >= 15 is 0 Å². The third-order valence-corrected chi connectivity index (χ3v) is 2.64. The van der Waals surface area contributed by atoms with Crippen molar-refractivity contribution in [2.24, 2.45) is 0 Å². The fourth-order valence-electron chi connectivity index (χ4n) is 1.57. The molecule has 0 atom stereocenters. The number of hydrogen-bond donors (Lipinski definition) is 1. The van der Waals surface area contributed by atoms with Crippen molar-refractivity contribution < 1.29 is 9.90 Å². The smallest absolute Gasteiger partial charge is 0.339 e. The molecule has 0 aromatic carbocycles. The van der Waals surface area contributed by atoms with Crippen LogP contribution in [0.1, 0.15) is 42.7 Å². The van der Waals surface area contributed by atoms with Gasteiger partial charge in [-0.15, -0.1) is 0 Å². The minimum atomic E-state index is -0.981. The topological polar surface area (TPSA) is 66.3 Å². The van der Waals surface area contributed by atoms with Gasteiger partial charge in [0.2, 0.25) is 5.95 Å². The minimum absolute atomic E-state index is 0.167. The molecule has 1 aromatic heterocycles. The number of aryl methyl sites for hydroxylation is 1. The maximum absolute atomic E-state index is 10.9. The van der Waals surface area contributed by atoms with E-state index in [0.717, 1.165) is 25.9 Å². The Balaban J connectivity index is 2.90. The number of unbranched alkanes of at least 4 members (excludes halogenated alkanes) is 1. The van der Waals surface area contributed by atoms with Gasteiger partial charge in [0.1, 0.15) is 0 Å². The summed E-state index contributed by atoms with van der Waals surface area (Å²) >= 11 is 0. The molecule has 5 nitrogen and oxygen atoms in total. The number of carboxylic acids is 1. The van der Waals surface area contributed by atoms with Crippen molar-refractivity contribution in [1.82, 2.24) is 9.97 Å². The zero-order chi connectivity index (χ0) is 12.8. The summed E-state index contributed by atoms with van der Waals surface area (Å²) in [5.41, 5.74) is 0.678. The summed E-state index contributed by atoms with van der Waals surface area (Å²) in [6.07, 6.45) is 3.58. The first-order valence-corrected chi connectivity index (χ1v) is 5.92. The average Bonchev–Trinajstić information content (AvgIpc) is 2.29. The van der Waals surface area contributed by atoms with Crippen LogP contribution in [0.5, 0.6) is 0 Å². The largest absolute Gasteiger partial charge is 0.478 e. The van der Waals surface area contributed by atoms with Gasteiger partial charge in [-0.05, 0) is 20.3 Å². The third kappa shape index (κ3) is 3.41. The number of anilines is 1. The molecule has 0 fully saturated rings. The first-order valence-electron chi connectivity index (χ1n) is 5.92. The van der Waals surface area contributed by atoms with Gasteiger partial charge in [-0.2, -0.15) is 0 Å². The molecule has 0 saturated carbocycles. The number of aromatic carboxylic acids is 1. The summed E-state index contributed by atoms with van der Waals surface area (Å²) in [6, 6.07) is 0. The summed E-state index contributed by atoms with van der Waals surface area (Å²) in [5, 5.41) is 8.90. The van der Waals surface area contributed by atoms with Crippen LogP contribution in [-0.2, 0) is 0 Å². The molecule has 0 aliphatic carbocycles. The fraction of sp³-hybridized carbons (Fsp3) is 0.583.